The zero-order valence-electron chi connectivity index (χ0n) is 16.8. The Kier molecular flexibility index (Phi) is 6.00. The number of amides is 2. The van der Waals surface area contributed by atoms with Gasteiger partial charge in [-0.05, 0) is 46.7 Å². The van der Waals surface area contributed by atoms with Crippen LogP contribution < -0.4 is 4.74 Å². The summed E-state index contributed by atoms with van der Waals surface area (Å²) in [5.74, 6) is -0.0400. The molecule has 1 aliphatic rings. The third-order valence-electron chi connectivity index (χ3n) is 4.90. The summed E-state index contributed by atoms with van der Waals surface area (Å²) >= 11 is 0.839. The molecule has 154 valence electrons. The van der Waals surface area contributed by atoms with E-state index < -0.39 is 11.1 Å². The number of benzene rings is 3. The fourth-order valence-electron chi connectivity index (χ4n) is 3.20. The molecule has 1 aliphatic heterocycles. The molecule has 0 spiro atoms. The van der Waals surface area contributed by atoms with Gasteiger partial charge in [-0.25, -0.2) is 0 Å². The van der Waals surface area contributed by atoms with Crippen molar-refractivity contribution >= 4 is 34.8 Å². The van der Waals surface area contributed by atoms with Crippen LogP contribution in [0.3, 0.4) is 0 Å². The molecule has 1 saturated heterocycles. The van der Waals surface area contributed by atoms with E-state index in [0.717, 1.165) is 33.4 Å². The Morgan fingerprint density at radius 2 is 1.55 bits per heavy atom. The zero-order chi connectivity index (χ0) is 21.8. The zero-order valence-corrected chi connectivity index (χ0v) is 17.6. The Morgan fingerprint density at radius 3 is 2.19 bits per heavy atom. The lowest BCUT2D eigenvalue weighted by Gasteiger charge is -2.11. The Hall–Kier alpha value is -3.64. The third-order valence-corrected chi connectivity index (χ3v) is 5.81. The van der Waals surface area contributed by atoms with Crippen molar-refractivity contribution in [1.82, 2.24) is 4.90 Å². The number of ether oxygens (including phenoxy) is 1. The van der Waals surface area contributed by atoms with Crippen LogP contribution in [0.15, 0.2) is 83.8 Å². The molecule has 6 heteroatoms. The smallest absolute Gasteiger partial charge is 0.293 e. The quantitative estimate of drug-likeness (QED) is 0.394. The molecule has 1 heterocycles. The molecule has 0 aliphatic carbocycles. The number of nitrogens with zero attached hydrogens (tertiary/aromatic N) is 1. The van der Waals surface area contributed by atoms with E-state index in [-0.39, 0.29) is 12.3 Å². The molecule has 0 saturated carbocycles. The highest BCUT2D eigenvalue weighted by atomic mass is 32.2. The molecule has 0 radical (unpaired) electrons. The maximum Gasteiger partial charge on any atom is 0.293 e. The fraction of sp³-hybridized carbons (Fsp3) is 0.0800. The Morgan fingerprint density at radius 1 is 0.903 bits per heavy atom. The Balaban J connectivity index is 1.46. The van der Waals surface area contributed by atoms with Gasteiger partial charge in [0.1, 0.15) is 5.75 Å². The van der Waals surface area contributed by atoms with Crippen LogP contribution >= 0.6 is 11.8 Å². The Bertz CT molecular complexity index is 1150. The molecular formula is C25H19NO4S. The summed E-state index contributed by atoms with van der Waals surface area (Å²) in [6.45, 7) is -0.282. The van der Waals surface area contributed by atoms with Gasteiger partial charge in [-0.2, -0.15) is 0 Å². The minimum atomic E-state index is -0.458. The standard InChI is InChI=1S/C25H19NO4S/c1-30-21-13-7-17(8-14-21)15-23-24(28)26(25(29)31-23)16-22(27)20-11-9-19(10-12-20)18-5-3-2-4-6-18/h2-15H,16H2,1H3/b23-15+. The molecule has 3 aromatic rings. The third kappa shape index (κ3) is 4.59. The predicted molar refractivity (Wildman–Crippen MR) is 122 cm³/mol. The van der Waals surface area contributed by atoms with Gasteiger partial charge in [-0.15, -0.1) is 0 Å². The lowest BCUT2D eigenvalue weighted by atomic mass is 10.0. The van der Waals surface area contributed by atoms with Gasteiger partial charge in [-0.3, -0.25) is 19.3 Å². The monoisotopic (exact) mass is 429 g/mol. The summed E-state index contributed by atoms with van der Waals surface area (Å²) in [5, 5.41) is -0.445. The maximum atomic E-state index is 12.7. The fourth-order valence-corrected chi connectivity index (χ4v) is 4.04. The molecular weight excluding hydrogens is 410 g/mol. The van der Waals surface area contributed by atoms with Crippen molar-refractivity contribution in [2.24, 2.45) is 0 Å². The number of ketones is 1. The SMILES string of the molecule is COc1ccc(/C=C2/SC(=O)N(CC(=O)c3ccc(-c4ccccc4)cc3)C2=O)cc1. The van der Waals surface area contributed by atoms with Crippen molar-refractivity contribution < 1.29 is 19.1 Å². The second-order valence-electron chi connectivity index (χ2n) is 6.91. The van der Waals surface area contributed by atoms with Gasteiger partial charge >= 0.3 is 0 Å². The van der Waals surface area contributed by atoms with Crippen LogP contribution in [0.1, 0.15) is 15.9 Å². The van der Waals surface area contributed by atoms with Crippen LogP contribution in [0.4, 0.5) is 4.79 Å². The molecule has 31 heavy (non-hydrogen) atoms. The highest BCUT2D eigenvalue weighted by Gasteiger charge is 2.36. The number of Topliss-reactive ketones (excluding diaryl/α,β-unsaturated/α-hetero) is 1. The van der Waals surface area contributed by atoms with Crippen molar-refractivity contribution in [3.63, 3.8) is 0 Å². The topological polar surface area (TPSA) is 63.7 Å². The van der Waals surface area contributed by atoms with Crippen LogP contribution in [-0.4, -0.2) is 35.5 Å². The summed E-state index contributed by atoms with van der Waals surface area (Å²) in [7, 11) is 1.58. The van der Waals surface area contributed by atoms with E-state index in [1.54, 1.807) is 49.6 Å². The van der Waals surface area contributed by atoms with E-state index in [1.807, 2.05) is 42.5 Å². The van der Waals surface area contributed by atoms with Gasteiger partial charge in [0.15, 0.2) is 5.78 Å². The molecule has 4 rings (SSSR count). The van der Waals surface area contributed by atoms with Crippen molar-refractivity contribution in [2.45, 2.75) is 0 Å². The number of hydrogen-bond donors (Lipinski definition) is 0. The average Bonchev–Trinajstić information content (AvgIpc) is 3.07. The molecule has 0 unspecified atom stereocenters. The summed E-state index contributed by atoms with van der Waals surface area (Å²) < 4.78 is 5.12. The summed E-state index contributed by atoms with van der Waals surface area (Å²) in [6.07, 6.45) is 1.64. The second-order valence-corrected chi connectivity index (χ2v) is 7.90. The van der Waals surface area contributed by atoms with Gasteiger partial charge in [0.25, 0.3) is 11.1 Å². The largest absolute Gasteiger partial charge is 0.497 e. The summed E-state index contributed by atoms with van der Waals surface area (Å²) in [4.78, 5) is 39.0. The molecule has 3 aromatic carbocycles. The van der Waals surface area contributed by atoms with Crippen molar-refractivity contribution in [2.75, 3.05) is 13.7 Å². The predicted octanol–water partition coefficient (Wildman–Crippen LogP) is 5.28. The lowest BCUT2D eigenvalue weighted by molar-refractivity contribution is -0.122. The van der Waals surface area contributed by atoms with E-state index in [2.05, 4.69) is 0 Å². The second kappa shape index (κ2) is 9.02. The molecule has 2 amide bonds. The van der Waals surface area contributed by atoms with Crippen molar-refractivity contribution in [3.8, 4) is 16.9 Å². The normalized spacial score (nSPS) is 14.9. The van der Waals surface area contributed by atoms with E-state index in [4.69, 9.17) is 4.74 Å². The number of methoxy groups -OCH3 is 1. The van der Waals surface area contributed by atoms with Gasteiger partial charge < -0.3 is 4.74 Å². The first kappa shape index (κ1) is 20.6. The number of imide groups is 1. The van der Waals surface area contributed by atoms with Gasteiger partial charge in [0.2, 0.25) is 0 Å². The highest BCUT2D eigenvalue weighted by molar-refractivity contribution is 8.18. The van der Waals surface area contributed by atoms with Crippen LogP contribution in [0.25, 0.3) is 17.2 Å². The van der Waals surface area contributed by atoms with Crippen LogP contribution in [0.5, 0.6) is 5.75 Å². The number of carbonyl (C=O) groups is 3. The summed E-state index contributed by atoms with van der Waals surface area (Å²) in [5.41, 5.74) is 3.27. The molecule has 0 N–H and O–H groups in total. The van der Waals surface area contributed by atoms with E-state index in [0.29, 0.717) is 16.2 Å². The van der Waals surface area contributed by atoms with E-state index >= 15 is 0 Å². The minimum Gasteiger partial charge on any atom is -0.497 e. The number of thioether (sulfide) groups is 1. The Labute approximate surface area is 184 Å². The number of carbonyl (C=O) groups excluding carboxylic acids is 3. The van der Waals surface area contributed by atoms with Gasteiger partial charge in [0, 0.05) is 5.56 Å². The lowest BCUT2D eigenvalue weighted by Crippen LogP contribution is -2.33. The minimum absolute atomic E-state index is 0.282. The first-order valence-corrected chi connectivity index (χ1v) is 10.4. The van der Waals surface area contributed by atoms with Crippen molar-refractivity contribution in [3.05, 3.63) is 94.9 Å². The first-order valence-electron chi connectivity index (χ1n) is 9.63. The molecule has 0 atom stereocenters. The average molecular weight is 429 g/mol. The molecule has 0 aromatic heterocycles. The molecule has 5 nitrogen and oxygen atoms in total. The molecule has 0 bridgehead atoms. The van der Waals surface area contributed by atoms with E-state index in [1.165, 1.54) is 0 Å². The number of rotatable bonds is 6. The van der Waals surface area contributed by atoms with Crippen LogP contribution in [0.2, 0.25) is 0 Å². The highest BCUT2D eigenvalue weighted by Crippen LogP contribution is 2.32. The van der Waals surface area contributed by atoms with Crippen LogP contribution in [0, 0.1) is 0 Å². The number of hydrogen-bond acceptors (Lipinski definition) is 5. The van der Waals surface area contributed by atoms with Gasteiger partial charge in [0.05, 0.1) is 18.6 Å². The maximum absolute atomic E-state index is 12.7. The van der Waals surface area contributed by atoms with Crippen molar-refractivity contribution in [1.29, 1.82) is 0 Å². The van der Waals surface area contributed by atoms with Crippen LogP contribution in [-0.2, 0) is 4.79 Å². The van der Waals surface area contributed by atoms with Gasteiger partial charge in [-0.1, -0.05) is 66.7 Å². The first-order chi connectivity index (χ1) is 15.0. The molecule has 1 fully saturated rings. The van der Waals surface area contributed by atoms with E-state index in [9.17, 15) is 14.4 Å². The summed E-state index contributed by atoms with van der Waals surface area (Å²) in [6, 6.07) is 24.1.